The molecule has 0 aromatic heterocycles. The first-order valence-electron chi connectivity index (χ1n) is 8.94. The van der Waals surface area contributed by atoms with Crippen molar-refractivity contribution in [2.75, 3.05) is 26.1 Å². The van der Waals surface area contributed by atoms with Gasteiger partial charge in [-0.05, 0) is 56.2 Å². The average Bonchev–Trinajstić information content (AvgIpc) is 3.17. The lowest BCUT2D eigenvalue weighted by Gasteiger charge is -2.26. The fourth-order valence-corrected chi connectivity index (χ4v) is 3.41. The molecule has 0 spiro atoms. The highest BCUT2D eigenvalue weighted by atomic mass is 16.5. The molecule has 1 aliphatic heterocycles. The maximum atomic E-state index is 12.8. The minimum Gasteiger partial charge on any atom is -0.497 e. The minimum absolute atomic E-state index is 0.000848. The van der Waals surface area contributed by atoms with Gasteiger partial charge in [-0.15, -0.1) is 0 Å². The van der Waals surface area contributed by atoms with E-state index in [0.29, 0.717) is 23.5 Å². The first-order chi connectivity index (χ1) is 13.0. The van der Waals surface area contributed by atoms with E-state index in [0.717, 1.165) is 24.2 Å². The molecule has 2 aromatic carbocycles. The molecule has 0 bridgehead atoms. The highest BCUT2D eigenvalue weighted by Gasteiger charge is 2.32. The topological polar surface area (TPSA) is 67.9 Å². The molecule has 142 valence electrons. The van der Waals surface area contributed by atoms with Crippen LogP contribution in [0.3, 0.4) is 0 Å². The summed E-state index contributed by atoms with van der Waals surface area (Å²) in [5, 5.41) is 2.92. The van der Waals surface area contributed by atoms with E-state index < -0.39 is 0 Å². The summed E-state index contributed by atoms with van der Waals surface area (Å²) < 4.78 is 10.8. The van der Waals surface area contributed by atoms with Crippen molar-refractivity contribution in [3.63, 3.8) is 0 Å². The second-order valence-electron chi connectivity index (χ2n) is 6.52. The van der Waals surface area contributed by atoms with E-state index >= 15 is 0 Å². The summed E-state index contributed by atoms with van der Waals surface area (Å²) in [5.41, 5.74) is 2.25. The van der Waals surface area contributed by atoms with Crippen LogP contribution in [0.1, 0.15) is 41.7 Å². The van der Waals surface area contributed by atoms with Crippen LogP contribution in [0.2, 0.25) is 0 Å². The molecular weight excluding hydrogens is 344 g/mol. The van der Waals surface area contributed by atoms with Crippen LogP contribution in [0.4, 0.5) is 10.5 Å². The number of ketones is 1. The molecule has 2 aromatic rings. The van der Waals surface area contributed by atoms with E-state index in [2.05, 4.69) is 5.32 Å². The first kappa shape index (κ1) is 18.8. The van der Waals surface area contributed by atoms with Crippen molar-refractivity contribution >= 4 is 17.5 Å². The van der Waals surface area contributed by atoms with E-state index in [1.807, 2.05) is 23.1 Å². The number of anilines is 1. The van der Waals surface area contributed by atoms with E-state index in [1.165, 1.54) is 6.92 Å². The molecule has 1 heterocycles. The Hall–Kier alpha value is -3.02. The molecule has 6 heteroatoms. The maximum Gasteiger partial charge on any atom is 0.322 e. The summed E-state index contributed by atoms with van der Waals surface area (Å²) >= 11 is 0. The SMILES string of the molecule is COc1ccc(C2CCCN2C(=O)Nc2ccc(C(C)=O)cc2)c(OC)c1. The third kappa shape index (κ3) is 4.05. The van der Waals surface area contributed by atoms with Gasteiger partial charge in [0.2, 0.25) is 0 Å². The Kier molecular flexibility index (Phi) is 5.64. The molecule has 6 nitrogen and oxygen atoms in total. The minimum atomic E-state index is -0.161. The maximum absolute atomic E-state index is 12.8. The van der Waals surface area contributed by atoms with Gasteiger partial charge in [-0.3, -0.25) is 4.79 Å². The van der Waals surface area contributed by atoms with E-state index in [4.69, 9.17) is 9.47 Å². The Labute approximate surface area is 159 Å². The van der Waals surface area contributed by atoms with Crippen molar-refractivity contribution in [3.05, 3.63) is 53.6 Å². The van der Waals surface area contributed by atoms with Crippen LogP contribution in [-0.4, -0.2) is 37.5 Å². The Balaban J connectivity index is 1.77. The van der Waals surface area contributed by atoms with Crippen molar-refractivity contribution in [3.8, 4) is 11.5 Å². The standard InChI is InChI=1S/C21H24N2O4/c1-14(24)15-6-8-16(9-7-15)22-21(25)23-12-4-5-19(23)18-11-10-17(26-2)13-20(18)27-3/h6-11,13,19H,4-5,12H2,1-3H3,(H,22,25). The summed E-state index contributed by atoms with van der Waals surface area (Å²) in [7, 11) is 3.23. The molecule has 1 aliphatic rings. The van der Waals surface area contributed by atoms with Crippen LogP contribution in [0.15, 0.2) is 42.5 Å². The van der Waals surface area contributed by atoms with Crippen LogP contribution >= 0.6 is 0 Å². The number of amides is 2. The molecule has 0 aliphatic carbocycles. The first-order valence-corrected chi connectivity index (χ1v) is 8.94. The van der Waals surface area contributed by atoms with E-state index in [9.17, 15) is 9.59 Å². The van der Waals surface area contributed by atoms with Gasteiger partial charge in [-0.2, -0.15) is 0 Å². The summed E-state index contributed by atoms with van der Waals surface area (Å²) in [6.07, 6.45) is 1.80. The van der Waals surface area contributed by atoms with Gasteiger partial charge in [-0.25, -0.2) is 4.79 Å². The van der Waals surface area contributed by atoms with Crippen molar-refractivity contribution in [1.82, 2.24) is 4.90 Å². The number of benzene rings is 2. The van der Waals surface area contributed by atoms with Crippen LogP contribution in [0.25, 0.3) is 0 Å². The lowest BCUT2D eigenvalue weighted by Crippen LogP contribution is -2.34. The number of urea groups is 1. The largest absolute Gasteiger partial charge is 0.497 e. The number of carbonyl (C=O) groups is 2. The molecule has 27 heavy (non-hydrogen) atoms. The Morgan fingerprint density at radius 1 is 1.07 bits per heavy atom. The van der Waals surface area contributed by atoms with Crippen LogP contribution in [0.5, 0.6) is 11.5 Å². The number of nitrogens with zero attached hydrogens (tertiary/aromatic N) is 1. The molecule has 3 rings (SSSR count). The predicted molar refractivity (Wildman–Crippen MR) is 104 cm³/mol. The summed E-state index contributed by atoms with van der Waals surface area (Å²) in [6, 6.07) is 12.4. The second-order valence-corrected chi connectivity index (χ2v) is 6.52. The van der Waals surface area contributed by atoms with Gasteiger partial charge in [0.25, 0.3) is 0 Å². The molecule has 1 atom stereocenters. The summed E-state index contributed by atoms with van der Waals surface area (Å²) in [5.74, 6) is 1.43. The Bertz CT molecular complexity index is 833. The molecular formula is C21H24N2O4. The number of Topliss-reactive ketones (excluding diaryl/α,β-unsaturated/α-hetero) is 1. The van der Waals surface area contributed by atoms with Gasteiger partial charge in [0.1, 0.15) is 11.5 Å². The number of hydrogen-bond donors (Lipinski definition) is 1. The Morgan fingerprint density at radius 2 is 1.81 bits per heavy atom. The van der Waals surface area contributed by atoms with Crippen LogP contribution < -0.4 is 14.8 Å². The highest BCUT2D eigenvalue weighted by Crippen LogP contribution is 2.38. The summed E-state index contributed by atoms with van der Waals surface area (Å²) in [6.45, 7) is 2.20. The quantitative estimate of drug-likeness (QED) is 0.800. The zero-order valence-corrected chi connectivity index (χ0v) is 15.8. The number of nitrogens with one attached hydrogen (secondary N) is 1. The average molecular weight is 368 g/mol. The number of likely N-dealkylation sites (tertiary alicyclic amines) is 1. The fourth-order valence-electron chi connectivity index (χ4n) is 3.41. The van der Waals surface area contributed by atoms with Gasteiger partial charge in [0.05, 0.1) is 20.3 Å². The molecule has 2 amide bonds. The second kappa shape index (κ2) is 8.12. The third-order valence-electron chi connectivity index (χ3n) is 4.86. The Morgan fingerprint density at radius 3 is 2.44 bits per heavy atom. The fraction of sp³-hybridized carbons (Fsp3) is 0.333. The third-order valence-corrected chi connectivity index (χ3v) is 4.86. The number of carbonyl (C=O) groups excluding carboxylic acids is 2. The monoisotopic (exact) mass is 368 g/mol. The smallest absolute Gasteiger partial charge is 0.322 e. The summed E-state index contributed by atoms with van der Waals surface area (Å²) in [4.78, 5) is 26.0. The predicted octanol–water partition coefficient (Wildman–Crippen LogP) is 4.28. The number of methoxy groups -OCH3 is 2. The van der Waals surface area contributed by atoms with Crippen molar-refractivity contribution in [1.29, 1.82) is 0 Å². The molecule has 1 unspecified atom stereocenters. The van der Waals surface area contributed by atoms with E-state index in [-0.39, 0.29) is 17.9 Å². The van der Waals surface area contributed by atoms with Gasteiger partial charge >= 0.3 is 6.03 Å². The van der Waals surface area contributed by atoms with Crippen molar-refractivity contribution in [2.24, 2.45) is 0 Å². The molecule has 0 saturated carbocycles. The van der Waals surface area contributed by atoms with Crippen molar-refractivity contribution in [2.45, 2.75) is 25.8 Å². The van der Waals surface area contributed by atoms with Gasteiger partial charge < -0.3 is 19.7 Å². The lowest BCUT2D eigenvalue weighted by atomic mass is 10.0. The van der Waals surface area contributed by atoms with Gasteiger partial charge in [0.15, 0.2) is 5.78 Å². The normalized spacial score (nSPS) is 16.1. The van der Waals surface area contributed by atoms with Crippen LogP contribution in [-0.2, 0) is 0 Å². The van der Waals surface area contributed by atoms with Gasteiger partial charge in [0, 0.05) is 29.4 Å². The number of rotatable bonds is 5. The molecule has 1 saturated heterocycles. The van der Waals surface area contributed by atoms with Crippen LogP contribution in [0, 0.1) is 0 Å². The number of ether oxygens (including phenoxy) is 2. The lowest BCUT2D eigenvalue weighted by molar-refractivity contribution is 0.101. The number of hydrogen-bond acceptors (Lipinski definition) is 4. The molecule has 1 N–H and O–H groups in total. The van der Waals surface area contributed by atoms with Gasteiger partial charge in [-0.1, -0.05) is 0 Å². The molecule has 1 fully saturated rings. The zero-order valence-electron chi connectivity index (χ0n) is 15.8. The highest BCUT2D eigenvalue weighted by molar-refractivity contribution is 5.95. The zero-order chi connectivity index (χ0) is 19.4. The van der Waals surface area contributed by atoms with Crippen molar-refractivity contribution < 1.29 is 19.1 Å². The molecule has 0 radical (unpaired) electrons. The van der Waals surface area contributed by atoms with E-state index in [1.54, 1.807) is 38.5 Å².